The molecule has 0 amide bonds. The fraction of sp³-hybridized carbons (Fsp3) is 0.167. The van der Waals surface area contributed by atoms with E-state index in [1.165, 1.54) is 6.92 Å². The van der Waals surface area contributed by atoms with Crippen molar-refractivity contribution in [2.24, 2.45) is 0 Å². The van der Waals surface area contributed by atoms with Crippen LogP contribution in [0.1, 0.15) is 5.69 Å². The summed E-state index contributed by atoms with van der Waals surface area (Å²) in [7, 11) is 0. The van der Waals surface area contributed by atoms with E-state index in [1.54, 1.807) is 0 Å². The van der Waals surface area contributed by atoms with E-state index in [9.17, 15) is 4.39 Å². The molecule has 0 saturated carbocycles. The Morgan fingerprint density at radius 1 is 1.70 bits per heavy atom. The molecular weight excluding hydrogens is 201 g/mol. The number of nitrogens with zero attached hydrogens (tertiary/aromatic N) is 1. The van der Waals surface area contributed by atoms with Crippen molar-refractivity contribution in [2.45, 2.75) is 6.92 Å². The third kappa shape index (κ3) is 1.26. The summed E-state index contributed by atoms with van der Waals surface area (Å²) in [6.07, 6.45) is 0. The summed E-state index contributed by atoms with van der Waals surface area (Å²) in [4.78, 5) is 3.66. The van der Waals surface area contributed by atoms with Gasteiger partial charge < -0.3 is 5.11 Å². The maximum Gasteiger partial charge on any atom is 0.151 e. The van der Waals surface area contributed by atoms with Crippen LogP contribution in [0.25, 0.3) is 0 Å². The second-order valence-corrected chi connectivity index (χ2v) is 2.62. The number of pyridine rings is 1. The standard InChI is InChI=1S/C6H5BrFNO/c1-3-4(8)2-5(10)6(7)9-3/h2,10H,1H3. The van der Waals surface area contributed by atoms with E-state index in [1.807, 2.05) is 0 Å². The largest absolute Gasteiger partial charge is 0.505 e. The van der Waals surface area contributed by atoms with E-state index in [-0.39, 0.29) is 16.0 Å². The Labute approximate surface area is 65.8 Å². The average molecular weight is 206 g/mol. The molecule has 1 heterocycles. The van der Waals surface area contributed by atoms with Gasteiger partial charge in [-0.3, -0.25) is 0 Å². The van der Waals surface area contributed by atoms with Crippen LogP contribution in [0.4, 0.5) is 4.39 Å². The zero-order valence-electron chi connectivity index (χ0n) is 5.23. The van der Waals surface area contributed by atoms with E-state index in [0.717, 1.165) is 6.07 Å². The van der Waals surface area contributed by atoms with Crippen molar-refractivity contribution in [3.63, 3.8) is 0 Å². The minimum absolute atomic E-state index is 0.178. The predicted molar refractivity (Wildman–Crippen MR) is 38.3 cm³/mol. The Morgan fingerprint density at radius 3 is 2.80 bits per heavy atom. The highest BCUT2D eigenvalue weighted by Gasteiger charge is 2.03. The second-order valence-electron chi connectivity index (χ2n) is 1.87. The van der Waals surface area contributed by atoms with Gasteiger partial charge in [0.25, 0.3) is 0 Å². The minimum Gasteiger partial charge on any atom is -0.505 e. The topological polar surface area (TPSA) is 33.1 Å². The van der Waals surface area contributed by atoms with Crippen LogP contribution in [0.2, 0.25) is 0 Å². The molecule has 0 unspecified atom stereocenters. The Morgan fingerprint density at radius 2 is 2.30 bits per heavy atom. The number of aromatic nitrogens is 1. The highest BCUT2D eigenvalue weighted by molar-refractivity contribution is 9.10. The molecule has 0 spiro atoms. The summed E-state index contributed by atoms with van der Waals surface area (Å²) in [5.74, 6) is -0.677. The van der Waals surface area contributed by atoms with Gasteiger partial charge in [0, 0.05) is 6.07 Å². The molecule has 0 atom stereocenters. The molecule has 1 rings (SSSR count). The fourth-order valence-electron chi connectivity index (χ4n) is 0.542. The van der Waals surface area contributed by atoms with Crippen molar-refractivity contribution < 1.29 is 9.50 Å². The quantitative estimate of drug-likeness (QED) is 0.658. The number of hydrogen-bond donors (Lipinski definition) is 1. The van der Waals surface area contributed by atoms with Gasteiger partial charge in [0.1, 0.15) is 10.4 Å². The lowest BCUT2D eigenvalue weighted by atomic mass is 10.3. The van der Waals surface area contributed by atoms with Crippen molar-refractivity contribution in [1.82, 2.24) is 4.98 Å². The summed E-state index contributed by atoms with van der Waals surface area (Å²) in [6, 6.07) is 1.02. The van der Waals surface area contributed by atoms with Gasteiger partial charge in [-0.25, -0.2) is 9.37 Å². The number of rotatable bonds is 0. The summed E-state index contributed by atoms with van der Waals surface area (Å²) in [5.41, 5.74) is 0.268. The lowest BCUT2D eigenvalue weighted by Crippen LogP contribution is -1.87. The molecule has 0 aliphatic heterocycles. The Kier molecular flexibility index (Phi) is 1.89. The molecule has 0 bridgehead atoms. The van der Waals surface area contributed by atoms with E-state index in [2.05, 4.69) is 20.9 Å². The van der Waals surface area contributed by atoms with Crippen LogP contribution < -0.4 is 0 Å². The predicted octanol–water partition coefficient (Wildman–Crippen LogP) is 2.00. The van der Waals surface area contributed by atoms with Gasteiger partial charge in [-0.15, -0.1) is 0 Å². The summed E-state index contributed by atoms with van der Waals surface area (Å²) >= 11 is 2.95. The van der Waals surface area contributed by atoms with Crippen molar-refractivity contribution in [2.75, 3.05) is 0 Å². The third-order valence-electron chi connectivity index (χ3n) is 1.09. The molecule has 1 aromatic rings. The molecule has 54 valence electrons. The van der Waals surface area contributed by atoms with Crippen molar-refractivity contribution >= 4 is 15.9 Å². The van der Waals surface area contributed by atoms with Crippen LogP contribution in [0.3, 0.4) is 0 Å². The highest BCUT2D eigenvalue weighted by Crippen LogP contribution is 2.22. The third-order valence-corrected chi connectivity index (χ3v) is 1.67. The smallest absolute Gasteiger partial charge is 0.151 e. The maximum absolute atomic E-state index is 12.5. The fourth-order valence-corrected chi connectivity index (χ4v) is 0.922. The lowest BCUT2D eigenvalue weighted by Gasteiger charge is -1.97. The number of aryl methyl sites for hydroxylation is 1. The molecule has 1 aromatic heterocycles. The number of halogens is 2. The van der Waals surface area contributed by atoms with Crippen molar-refractivity contribution in [3.05, 3.63) is 22.2 Å². The van der Waals surface area contributed by atoms with Crippen LogP contribution in [0, 0.1) is 12.7 Å². The van der Waals surface area contributed by atoms with Crippen LogP contribution in [-0.2, 0) is 0 Å². The van der Waals surface area contributed by atoms with Gasteiger partial charge in [-0.05, 0) is 22.9 Å². The van der Waals surface area contributed by atoms with E-state index in [0.29, 0.717) is 0 Å². The molecule has 2 nitrogen and oxygen atoms in total. The second kappa shape index (κ2) is 2.54. The van der Waals surface area contributed by atoms with Crippen LogP contribution in [-0.4, -0.2) is 10.1 Å². The van der Waals surface area contributed by atoms with Gasteiger partial charge in [0.2, 0.25) is 0 Å². The molecule has 1 N–H and O–H groups in total. The SMILES string of the molecule is Cc1nc(Br)c(O)cc1F. The molecule has 0 fully saturated rings. The monoisotopic (exact) mass is 205 g/mol. The average Bonchev–Trinajstić information content (AvgIpc) is 1.84. The molecule has 0 aliphatic carbocycles. The van der Waals surface area contributed by atoms with E-state index < -0.39 is 5.82 Å². The van der Waals surface area contributed by atoms with Crippen LogP contribution >= 0.6 is 15.9 Å². The lowest BCUT2D eigenvalue weighted by molar-refractivity contribution is 0.459. The number of hydrogen-bond acceptors (Lipinski definition) is 2. The first kappa shape index (κ1) is 7.47. The summed E-state index contributed by atoms with van der Waals surface area (Å²) < 4.78 is 12.8. The van der Waals surface area contributed by atoms with Gasteiger partial charge in [-0.2, -0.15) is 0 Å². The first-order valence-corrected chi connectivity index (χ1v) is 3.42. The molecule has 0 aliphatic rings. The van der Waals surface area contributed by atoms with Crippen molar-refractivity contribution in [1.29, 1.82) is 0 Å². The summed E-state index contributed by atoms with van der Waals surface area (Å²) in [6.45, 7) is 1.53. The van der Waals surface area contributed by atoms with Gasteiger partial charge in [-0.1, -0.05) is 0 Å². The Balaban J connectivity index is 3.28. The molecular formula is C6H5BrFNO. The van der Waals surface area contributed by atoms with E-state index >= 15 is 0 Å². The molecule has 0 aromatic carbocycles. The zero-order valence-corrected chi connectivity index (χ0v) is 6.81. The first-order valence-electron chi connectivity index (χ1n) is 2.63. The molecule has 4 heteroatoms. The highest BCUT2D eigenvalue weighted by atomic mass is 79.9. The van der Waals surface area contributed by atoms with Gasteiger partial charge in [0.15, 0.2) is 5.75 Å². The zero-order chi connectivity index (χ0) is 7.72. The van der Waals surface area contributed by atoms with Gasteiger partial charge in [0.05, 0.1) is 5.69 Å². The van der Waals surface area contributed by atoms with Crippen molar-refractivity contribution in [3.8, 4) is 5.75 Å². The number of aromatic hydroxyl groups is 1. The van der Waals surface area contributed by atoms with E-state index in [4.69, 9.17) is 5.11 Å². The summed E-state index contributed by atoms with van der Waals surface area (Å²) in [5, 5.41) is 8.88. The normalized spacial score (nSPS) is 9.90. The molecule has 0 saturated heterocycles. The van der Waals surface area contributed by atoms with Crippen LogP contribution in [0.5, 0.6) is 5.75 Å². The van der Waals surface area contributed by atoms with Gasteiger partial charge >= 0.3 is 0 Å². The molecule has 10 heavy (non-hydrogen) atoms. The Hall–Kier alpha value is -0.640. The maximum atomic E-state index is 12.5. The molecule has 0 radical (unpaired) electrons. The van der Waals surface area contributed by atoms with Crippen LogP contribution in [0.15, 0.2) is 10.7 Å². The minimum atomic E-state index is -0.499. The Bertz CT molecular complexity index is 214. The first-order chi connectivity index (χ1) is 4.61.